The van der Waals surface area contributed by atoms with E-state index in [9.17, 15) is 19.5 Å². The Morgan fingerprint density at radius 2 is 1.89 bits per heavy atom. The Balaban J connectivity index is 1.54. The van der Waals surface area contributed by atoms with Gasteiger partial charge in [0.1, 0.15) is 6.04 Å². The molecule has 2 amide bonds. The van der Waals surface area contributed by atoms with E-state index in [1.54, 1.807) is 27.6 Å². The molecule has 0 aromatic heterocycles. The van der Waals surface area contributed by atoms with E-state index in [1.807, 2.05) is 42.5 Å². The zero-order chi connectivity index (χ0) is 27.0. The van der Waals surface area contributed by atoms with Crippen molar-refractivity contribution in [1.82, 2.24) is 4.90 Å². The molecule has 202 valence electrons. The zero-order valence-electron chi connectivity index (χ0n) is 21.8. The lowest BCUT2D eigenvalue weighted by molar-refractivity contribution is -0.149. The number of fused-ring (bicyclic) bond motifs is 2. The first kappa shape index (κ1) is 26.8. The van der Waals surface area contributed by atoms with Crippen LogP contribution in [-0.4, -0.2) is 68.6 Å². The molecule has 3 unspecified atom stereocenters. The number of amides is 2. The molecule has 3 aliphatic heterocycles. The largest absolute Gasteiger partial charge is 0.481 e. The van der Waals surface area contributed by atoms with Gasteiger partial charge >= 0.3 is 5.97 Å². The van der Waals surface area contributed by atoms with Gasteiger partial charge in [0.25, 0.3) is 5.91 Å². The van der Waals surface area contributed by atoms with Crippen molar-refractivity contribution in [1.29, 1.82) is 0 Å². The highest BCUT2D eigenvalue weighted by Crippen LogP contribution is 2.68. The minimum Gasteiger partial charge on any atom is -0.481 e. The summed E-state index contributed by atoms with van der Waals surface area (Å²) >= 11 is 1.57. The van der Waals surface area contributed by atoms with Gasteiger partial charge < -0.3 is 20.0 Å². The molecule has 3 saturated heterocycles. The molecule has 3 heterocycles. The van der Waals surface area contributed by atoms with Crippen LogP contribution in [0.3, 0.4) is 0 Å². The third kappa shape index (κ3) is 4.22. The lowest BCUT2D eigenvalue weighted by Gasteiger charge is -2.40. The van der Waals surface area contributed by atoms with Crippen LogP contribution in [0.25, 0.3) is 10.8 Å². The normalized spacial score (nSPS) is 29.6. The number of anilines is 1. The molecule has 2 N–H and O–H groups in total. The second-order valence-electron chi connectivity index (χ2n) is 10.8. The minimum absolute atomic E-state index is 0.0394. The van der Waals surface area contributed by atoms with E-state index in [0.717, 1.165) is 29.3 Å². The molecule has 5 rings (SSSR count). The lowest BCUT2D eigenvalue weighted by Crippen LogP contribution is -2.57. The topological polar surface area (TPSA) is 98.2 Å². The number of carbonyl (C=O) groups excluding carboxylic acids is 2. The van der Waals surface area contributed by atoms with Crippen LogP contribution >= 0.6 is 11.8 Å². The Kier molecular flexibility index (Phi) is 7.56. The molecule has 3 aliphatic rings. The highest BCUT2D eigenvalue weighted by Gasteiger charge is 2.76. The van der Waals surface area contributed by atoms with Gasteiger partial charge in [0.05, 0.1) is 16.6 Å². The molecule has 3 fully saturated rings. The fraction of sp³-hybridized carbons (Fsp3) is 0.500. The first-order valence-electron chi connectivity index (χ1n) is 13.6. The predicted molar refractivity (Wildman–Crippen MR) is 150 cm³/mol. The third-order valence-electron chi connectivity index (χ3n) is 8.69. The van der Waals surface area contributed by atoms with Gasteiger partial charge in [-0.2, -0.15) is 0 Å². The molecule has 2 aromatic rings. The molecule has 0 aliphatic carbocycles. The molecule has 8 heteroatoms. The number of rotatable bonds is 11. The van der Waals surface area contributed by atoms with E-state index in [1.165, 1.54) is 0 Å². The maximum Gasteiger partial charge on any atom is 0.308 e. The van der Waals surface area contributed by atoms with Crippen LogP contribution in [-0.2, 0) is 14.4 Å². The summed E-state index contributed by atoms with van der Waals surface area (Å²) in [5.74, 6) is -2.74. The van der Waals surface area contributed by atoms with E-state index >= 15 is 0 Å². The summed E-state index contributed by atoms with van der Waals surface area (Å²) in [6, 6.07) is 13.2. The number of carbonyl (C=O) groups is 3. The van der Waals surface area contributed by atoms with Gasteiger partial charge in [0.15, 0.2) is 0 Å². The second kappa shape index (κ2) is 10.7. The molecular formula is C30H36N2O5S. The number of carboxylic acids is 1. The van der Waals surface area contributed by atoms with Crippen molar-refractivity contribution < 1.29 is 24.6 Å². The van der Waals surface area contributed by atoms with Crippen LogP contribution in [0.15, 0.2) is 55.1 Å². The van der Waals surface area contributed by atoms with Gasteiger partial charge in [-0.15, -0.1) is 18.3 Å². The molecule has 2 bridgehead atoms. The standard InChI is InChI=1S/C30H36N2O5S/c1-3-14-31(22-13-12-20-10-6-7-11-21(20)18-22)28(35)26-30-19(2)17-23(38-30)24(29(36)37)25(30)27(34)32(26)15-8-4-5-9-16-33/h3,6-7,10-13,18-19,23-26,33H,1,4-5,8-9,14-17H2,2H3,(H,36,37)/t19?,23-,24+,25-,26?,30?/m0/s1. The van der Waals surface area contributed by atoms with Crippen molar-refractivity contribution in [3.8, 4) is 0 Å². The quantitative estimate of drug-likeness (QED) is 0.328. The molecule has 0 radical (unpaired) electrons. The number of hydrogen-bond acceptors (Lipinski definition) is 5. The first-order valence-corrected chi connectivity index (χ1v) is 14.5. The van der Waals surface area contributed by atoms with Gasteiger partial charge in [-0.1, -0.05) is 56.2 Å². The molecule has 0 saturated carbocycles. The molecule has 7 nitrogen and oxygen atoms in total. The van der Waals surface area contributed by atoms with Crippen molar-refractivity contribution in [3.05, 3.63) is 55.1 Å². The number of benzene rings is 2. The van der Waals surface area contributed by atoms with Crippen LogP contribution in [0.4, 0.5) is 5.69 Å². The Morgan fingerprint density at radius 3 is 2.61 bits per heavy atom. The zero-order valence-corrected chi connectivity index (χ0v) is 22.6. The maximum absolute atomic E-state index is 14.6. The van der Waals surface area contributed by atoms with Gasteiger partial charge in [-0.25, -0.2) is 0 Å². The number of hydrogen-bond donors (Lipinski definition) is 2. The Labute approximate surface area is 227 Å². The summed E-state index contributed by atoms with van der Waals surface area (Å²) in [5.41, 5.74) is 0.740. The second-order valence-corrected chi connectivity index (χ2v) is 12.4. The van der Waals surface area contributed by atoms with Crippen LogP contribution in [0.1, 0.15) is 39.0 Å². The highest BCUT2D eigenvalue weighted by molar-refractivity contribution is 8.02. The molecular weight excluding hydrogens is 500 g/mol. The predicted octanol–water partition coefficient (Wildman–Crippen LogP) is 4.33. The van der Waals surface area contributed by atoms with Crippen molar-refractivity contribution in [3.63, 3.8) is 0 Å². The van der Waals surface area contributed by atoms with Gasteiger partial charge in [0, 0.05) is 30.6 Å². The average Bonchev–Trinajstić information content (AvgIpc) is 3.50. The summed E-state index contributed by atoms with van der Waals surface area (Å²) in [6.45, 7) is 6.79. The molecule has 38 heavy (non-hydrogen) atoms. The van der Waals surface area contributed by atoms with Gasteiger partial charge in [-0.3, -0.25) is 14.4 Å². The van der Waals surface area contributed by atoms with Crippen LogP contribution in [0.2, 0.25) is 0 Å². The van der Waals surface area contributed by atoms with E-state index < -0.39 is 28.6 Å². The smallest absolute Gasteiger partial charge is 0.308 e. The van der Waals surface area contributed by atoms with Crippen molar-refractivity contribution in [2.75, 3.05) is 24.6 Å². The summed E-state index contributed by atoms with van der Waals surface area (Å²) in [4.78, 5) is 44.4. The third-order valence-corrected chi connectivity index (χ3v) is 10.8. The number of aliphatic carboxylic acids is 1. The summed E-state index contributed by atoms with van der Waals surface area (Å²) in [7, 11) is 0. The number of carboxylic acid groups (broad SMARTS) is 1. The van der Waals surface area contributed by atoms with E-state index in [4.69, 9.17) is 5.11 Å². The number of aliphatic hydroxyl groups excluding tert-OH is 1. The Hall–Kier alpha value is -2.84. The molecule has 1 spiro atoms. The number of thioether (sulfide) groups is 1. The van der Waals surface area contributed by atoms with Crippen LogP contribution < -0.4 is 4.90 Å². The fourth-order valence-corrected chi connectivity index (χ4v) is 9.42. The first-order chi connectivity index (χ1) is 18.3. The van der Waals surface area contributed by atoms with Crippen molar-refractivity contribution >= 4 is 46.0 Å². The van der Waals surface area contributed by atoms with Crippen LogP contribution in [0.5, 0.6) is 0 Å². The summed E-state index contributed by atoms with van der Waals surface area (Å²) < 4.78 is -0.761. The number of likely N-dealkylation sites (tertiary alicyclic amines) is 1. The average molecular weight is 537 g/mol. The van der Waals surface area contributed by atoms with Gasteiger partial charge in [0.2, 0.25) is 5.91 Å². The molecule has 2 aromatic carbocycles. The maximum atomic E-state index is 14.6. The summed E-state index contributed by atoms with van der Waals surface area (Å²) in [6.07, 6.45) is 5.47. The highest BCUT2D eigenvalue weighted by atomic mass is 32.2. The molecule has 6 atom stereocenters. The van der Waals surface area contributed by atoms with E-state index in [2.05, 4.69) is 13.5 Å². The summed E-state index contributed by atoms with van der Waals surface area (Å²) in [5, 5.41) is 21.2. The van der Waals surface area contributed by atoms with E-state index in [0.29, 0.717) is 25.8 Å². The Bertz CT molecular complexity index is 1250. The number of aliphatic hydroxyl groups is 1. The minimum atomic E-state index is -0.942. The Morgan fingerprint density at radius 1 is 1.16 bits per heavy atom. The van der Waals surface area contributed by atoms with Crippen molar-refractivity contribution in [2.45, 2.75) is 55.1 Å². The monoisotopic (exact) mass is 536 g/mol. The lowest BCUT2D eigenvalue weighted by atomic mass is 9.66. The van der Waals surface area contributed by atoms with Crippen LogP contribution in [0, 0.1) is 17.8 Å². The van der Waals surface area contributed by atoms with E-state index in [-0.39, 0.29) is 36.1 Å². The fourth-order valence-electron chi connectivity index (χ4n) is 7.01. The number of nitrogens with zero attached hydrogens (tertiary/aromatic N) is 2. The van der Waals surface area contributed by atoms with Gasteiger partial charge in [-0.05, 0) is 48.1 Å². The van der Waals surface area contributed by atoms with Crippen molar-refractivity contribution in [2.24, 2.45) is 17.8 Å². The SMILES string of the molecule is C=CCN(C(=O)C1N(CCCCCCO)C(=O)[C@@H]2[C@H](C(=O)O)[C@@H]3CC(C)C12S3)c1ccc2ccccc2c1. The number of unbranched alkanes of at least 4 members (excludes halogenated alkanes) is 3.